The van der Waals surface area contributed by atoms with Gasteiger partial charge in [0, 0.05) is 24.7 Å². The van der Waals surface area contributed by atoms with Gasteiger partial charge in [0.1, 0.15) is 12.7 Å². The van der Waals surface area contributed by atoms with Crippen molar-refractivity contribution in [3.63, 3.8) is 0 Å². The number of hydrogen-bond donors (Lipinski definition) is 1. The zero-order chi connectivity index (χ0) is 14.7. The van der Waals surface area contributed by atoms with Gasteiger partial charge in [0.05, 0.1) is 5.69 Å². The summed E-state index contributed by atoms with van der Waals surface area (Å²) in [5.41, 5.74) is 1.62. The molecule has 1 aliphatic heterocycles. The van der Waals surface area contributed by atoms with Gasteiger partial charge < -0.3 is 10.2 Å². The lowest BCUT2D eigenvalue weighted by molar-refractivity contribution is 0.0707. The molecule has 1 saturated heterocycles. The molecule has 0 unspecified atom stereocenters. The molecule has 0 saturated carbocycles. The third-order valence-corrected chi connectivity index (χ3v) is 3.99. The molecule has 2 heterocycles. The smallest absolute Gasteiger partial charge is 0.253 e. The van der Waals surface area contributed by atoms with Crippen LogP contribution in [0.3, 0.4) is 0 Å². The Bertz CT molecular complexity index is 585. The van der Waals surface area contributed by atoms with E-state index < -0.39 is 0 Å². The van der Waals surface area contributed by atoms with Crippen molar-refractivity contribution in [1.82, 2.24) is 25.0 Å². The second-order valence-corrected chi connectivity index (χ2v) is 5.24. The number of carbonyl (C=O) groups is 1. The normalized spacial score (nSPS) is 16.1. The average Bonchev–Trinajstić information content (AvgIpc) is 3.09. The van der Waals surface area contributed by atoms with Crippen LogP contribution in [0.2, 0.25) is 0 Å². The molecule has 1 aromatic carbocycles. The van der Waals surface area contributed by atoms with Gasteiger partial charge >= 0.3 is 0 Å². The highest BCUT2D eigenvalue weighted by atomic mass is 16.2. The zero-order valence-electron chi connectivity index (χ0n) is 12.1. The van der Waals surface area contributed by atoms with Gasteiger partial charge in [0.2, 0.25) is 0 Å². The lowest BCUT2D eigenvalue weighted by Gasteiger charge is -2.31. The van der Waals surface area contributed by atoms with Gasteiger partial charge in [-0.15, -0.1) is 0 Å². The quantitative estimate of drug-likeness (QED) is 0.917. The minimum absolute atomic E-state index is 0.106. The Morgan fingerprint density at radius 2 is 1.95 bits per heavy atom. The number of benzene rings is 1. The summed E-state index contributed by atoms with van der Waals surface area (Å²) in [5, 5.41) is 7.34. The highest BCUT2D eigenvalue weighted by molar-refractivity contribution is 5.94. The largest absolute Gasteiger partial charge is 0.339 e. The molecule has 0 spiro atoms. The molecule has 6 nitrogen and oxygen atoms in total. The highest BCUT2D eigenvalue weighted by Gasteiger charge is 2.22. The van der Waals surface area contributed by atoms with Crippen LogP contribution in [0, 0.1) is 0 Å². The van der Waals surface area contributed by atoms with Crippen LogP contribution < -0.4 is 5.32 Å². The number of aromatic nitrogens is 3. The van der Waals surface area contributed by atoms with Crippen LogP contribution in [0.25, 0.3) is 5.69 Å². The molecule has 0 atom stereocenters. The van der Waals surface area contributed by atoms with Gasteiger partial charge in [-0.1, -0.05) is 0 Å². The number of nitrogens with zero attached hydrogens (tertiary/aromatic N) is 4. The molecule has 1 aromatic heterocycles. The first kappa shape index (κ1) is 13.8. The van der Waals surface area contributed by atoms with E-state index >= 15 is 0 Å². The molecule has 1 amide bonds. The van der Waals surface area contributed by atoms with Gasteiger partial charge in [-0.3, -0.25) is 4.79 Å². The first-order chi connectivity index (χ1) is 10.3. The van der Waals surface area contributed by atoms with Crippen LogP contribution in [0.1, 0.15) is 23.2 Å². The summed E-state index contributed by atoms with van der Waals surface area (Å²) in [7, 11) is 1.98. The summed E-state index contributed by atoms with van der Waals surface area (Å²) in [6.07, 6.45) is 5.16. The molecule has 1 aliphatic rings. The summed E-state index contributed by atoms with van der Waals surface area (Å²) >= 11 is 0. The SMILES string of the molecule is CNC1CCN(C(=O)c2ccc(-n3cncn3)cc2)CC1. The number of nitrogens with one attached hydrogen (secondary N) is 1. The highest BCUT2D eigenvalue weighted by Crippen LogP contribution is 2.15. The van der Waals surface area contributed by atoms with E-state index in [0.29, 0.717) is 6.04 Å². The van der Waals surface area contributed by atoms with Crippen LogP contribution in [0.15, 0.2) is 36.9 Å². The summed E-state index contributed by atoms with van der Waals surface area (Å²) in [5.74, 6) is 0.106. The lowest BCUT2D eigenvalue weighted by Crippen LogP contribution is -2.43. The second kappa shape index (κ2) is 6.05. The van der Waals surface area contributed by atoms with Crippen molar-refractivity contribution < 1.29 is 4.79 Å². The Kier molecular flexibility index (Phi) is 3.96. The molecular formula is C15H19N5O. The van der Waals surface area contributed by atoms with Crippen molar-refractivity contribution in [1.29, 1.82) is 0 Å². The molecule has 21 heavy (non-hydrogen) atoms. The fourth-order valence-electron chi connectivity index (χ4n) is 2.65. The molecule has 0 radical (unpaired) electrons. The fourth-order valence-corrected chi connectivity index (χ4v) is 2.65. The zero-order valence-corrected chi connectivity index (χ0v) is 12.1. The lowest BCUT2D eigenvalue weighted by atomic mass is 10.0. The third-order valence-electron chi connectivity index (χ3n) is 3.99. The molecular weight excluding hydrogens is 266 g/mol. The van der Waals surface area contributed by atoms with Crippen LogP contribution >= 0.6 is 0 Å². The first-order valence-corrected chi connectivity index (χ1v) is 7.19. The third kappa shape index (κ3) is 2.95. The van der Waals surface area contributed by atoms with E-state index in [1.165, 1.54) is 6.33 Å². The van der Waals surface area contributed by atoms with Crippen molar-refractivity contribution in [2.24, 2.45) is 0 Å². The van der Waals surface area contributed by atoms with Crippen molar-refractivity contribution in [2.45, 2.75) is 18.9 Å². The van der Waals surface area contributed by atoms with E-state index in [0.717, 1.165) is 37.2 Å². The Morgan fingerprint density at radius 1 is 1.24 bits per heavy atom. The summed E-state index contributed by atoms with van der Waals surface area (Å²) < 4.78 is 1.67. The van der Waals surface area contributed by atoms with Gasteiger partial charge in [0.15, 0.2) is 0 Å². The molecule has 3 rings (SSSR count). The Balaban J connectivity index is 1.68. The van der Waals surface area contributed by atoms with Crippen molar-refractivity contribution >= 4 is 5.91 Å². The van der Waals surface area contributed by atoms with E-state index in [9.17, 15) is 4.79 Å². The van der Waals surface area contributed by atoms with Crippen molar-refractivity contribution in [3.8, 4) is 5.69 Å². The van der Waals surface area contributed by atoms with Crippen LogP contribution in [-0.4, -0.2) is 51.8 Å². The number of rotatable bonds is 3. The maximum absolute atomic E-state index is 12.5. The Morgan fingerprint density at radius 3 is 2.52 bits per heavy atom. The summed E-state index contributed by atoms with van der Waals surface area (Å²) in [4.78, 5) is 18.3. The number of carbonyl (C=O) groups excluding carboxylic acids is 1. The van der Waals surface area contributed by atoms with Crippen LogP contribution in [0.4, 0.5) is 0 Å². The van der Waals surface area contributed by atoms with E-state index in [2.05, 4.69) is 15.4 Å². The van der Waals surface area contributed by atoms with E-state index in [-0.39, 0.29) is 5.91 Å². The average molecular weight is 285 g/mol. The molecule has 0 bridgehead atoms. The molecule has 110 valence electrons. The van der Waals surface area contributed by atoms with Crippen molar-refractivity contribution in [3.05, 3.63) is 42.5 Å². The fraction of sp³-hybridized carbons (Fsp3) is 0.400. The maximum Gasteiger partial charge on any atom is 0.253 e. The molecule has 1 fully saturated rings. The van der Waals surface area contributed by atoms with Gasteiger partial charge in [0.25, 0.3) is 5.91 Å². The van der Waals surface area contributed by atoms with Crippen LogP contribution in [-0.2, 0) is 0 Å². The van der Waals surface area contributed by atoms with Gasteiger partial charge in [-0.25, -0.2) is 9.67 Å². The second-order valence-electron chi connectivity index (χ2n) is 5.24. The first-order valence-electron chi connectivity index (χ1n) is 7.19. The monoisotopic (exact) mass is 285 g/mol. The minimum atomic E-state index is 0.106. The standard InChI is InChI=1S/C15H19N5O/c1-16-13-6-8-19(9-7-13)15(21)12-2-4-14(5-3-12)20-11-17-10-18-20/h2-5,10-11,13,16H,6-9H2,1H3. The molecule has 6 heteroatoms. The van der Waals surface area contributed by atoms with E-state index in [1.807, 2.05) is 36.2 Å². The summed E-state index contributed by atoms with van der Waals surface area (Å²) in [6.45, 7) is 1.63. The number of likely N-dealkylation sites (tertiary alicyclic amines) is 1. The van der Waals surface area contributed by atoms with Crippen LogP contribution in [0.5, 0.6) is 0 Å². The predicted molar refractivity (Wildman–Crippen MR) is 79.3 cm³/mol. The molecule has 2 aromatic rings. The van der Waals surface area contributed by atoms with E-state index in [1.54, 1.807) is 11.0 Å². The minimum Gasteiger partial charge on any atom is -0.339 e. The topological polar surface area (TPSA) is 63.1 Å². The van der Waals surface area contributed by atoms with Crippen molar-refractivity contribution in [2.75, 3.05) is 20.1 Å². The number of hydrogen-bond acceptors (Lipinski definition) is 4. The van der Waals surface area contributed by atoms with Gasteiger partial charge in [-0.2, -0.15) is 5.10 Å². The number of piperidine rings is 1. The summed E-state index contributed by atoms with van der Waals surface area (Å²) in [6, 6.07) is 8.01. The Hall–Kier alpha value is -2.21. The number of amides is 1. The maximum atomic E-state index is 12.5. The van der Waals surface area contributed by atoms with Gasteiger partial charge in [-0.05, 0) is 44.2 Å². The molecule has 0 aliphatic carbocycles. The van der Waals surface area contributed by atoms with E-state index in [4.69, 9.17) is 0 Å². The Labute approximate surface area is 123 Å². The molecule has 1 N–H and O–H groups in total. The predicted octanol–water partition coefficient (Wildman–Crippen LogP) is 1.09.